The number of rotatable bonds is 4. The lowest BCUT2D eigenvalue weighted by Gasteiger charge is -2.14. The Morgan fingerprint density at radius 2 is 1.63 bits per heavy atom. The Morgan fingerprint density at radius 3 is 2.32 bits per heavy atom. The van der Waals surface area contributed by atoms with E-state index >= 15 is 0 Å². The van der Waals surface area contributed by atoms with Crippen LogP contribution in [0.1, 0.15) is 42.5 Å². The van der Waals surface area contributed by atoms with Gasteiger partial charge in [0.25, 0.3) is 0 Å². The molecule has 0 saturated heterocycles. The zero-order chi connectivity index (χ0) is 13.8. The molecule has 0 aromatic heterocycles. The van der Waals surface area contributed by atoms with Gasteiger partial charge in [-0.15, -0.1) is 0 Å². The molecule has 0 N–H and O–H groups in total. The van der Waals surface area contributed by atoms with Crippen LogP contribution < -0.4 is 0 Å². The fraction of sp³-hybridized carbons (Fsp3) is 0.368. The van der Waals surface area contributed by atoms with E-state index in [-0.39, 0.29) is 0 Å². The summed E-state index contributed by atoms with van der Waals surface area (Å²) in [6, 6.07) is 13.7. The van der Waals surface area contributed by atoms with Crippen LogP contribution in [0, 0.1) is 13.8 Å². The van der Waals surface area contributed by atoms with Crippen molar-refractivity contribution in [1.82, 2.24) is 0 Å². The summed E-state index contributed by atoms with van der Waals surface area (Å²) in [5, 5.41) is 0. The summed E-state index contributed by atoms with van der Waals surface area (Å²) >= 11 is 0. The molecule has 0 aliphatic heterocycles. The van der Waals surface area contributed by atoms with Crippen molar-refractivity contribution in [3.63, 3.8) is 0 Å². The van der Waals surface area contributed by atoms with E-state index < -0.39 is 0 Å². The average Bonchev–Trinajstić information content (AvgIpc) is 2.42. The number of hydrogen-bond donors (Lipinski definition) is 0. The molecule has 100 valence electrons. The highest BCUT2D eigenvalue weighted by Gasteiger charge is 2.08. The van der Waals surface area contributed by atoms with Crippen LogP contribution in [-0.2, 0) is 12.8 Å². The second kappa shape index (κ2) is 6.06. The number of aryl methyl sites for hydroxylation is 4. The van der Waals surface area contributed by atoms with Gasteiger partial charge in [-0.3, -0.25) is 0 Å². The fourth-order valence-corrected chi connectivity index (χ4v) is 2.61. The Hall–Kier alpha value is -1.56. The van der Waals surface area contributed by atoms with E-state index in [2.05, 4.69) is 64.1 Å². The second-order valence-electron chi connectivity index (χ2n) is 5.41. The van der Waals surface area contributed by atoms with E-state index in [4.69, 9.17) is 0 Å². The largest absolute Gasteiger partial charge is 0.0651 e. The van der Waals surface area contributed by atoms with Crippen molar-refractivity contribution in [1.29, 1.82) is 0 Å². The van der Waals surface area contributed by atoms with Gasteiger partial charge in [-0.25, -0.2) is 0 Å². The molecule has 2 aromatic rings. The molecule has 0 bridgehead atoms. The van der Waals surface area contributed by atoms with Gasteiger partial charge in [0, 0.05) is 0 Å². The maximum absolute atomic E-state index is 2.36. The molecule has 2 rings (SSSR count). The summed E-state index contributed by atoms with van der Waals surface area (Å²) in [7, 11) is 0. The second-order valence-corrected chi connectivity index (χ2v) is 5.41. The number of benzene rings is 2. The maximum atomic E-state index is 2.36. The van der Waals surface area contributed by atoms with Crippen LogP contribution in [0.4, 0.5) is 0 Å². The fourth-order valence-electron chi connectivity index (χ4n) is 2.61. The first kappa shape index (κ1) is 13.9. The molecule has 2 aromatic carbocycles. The van der Waals surface area contributed by atoms with Crippen LogP contribution >= 0.6 is 0 Å². The lowest BCUT2D eigenvalue weighted by Crippen LogP contribution is -1.94. The van der Waals surface area contributed by atoms with Crippen molar-refractivity contribution in [3.8, 4) is 11.1 Å². The Labute approximate surface area is 117 Å². The standard InChI is InChI=1S/C19H24/c1-5-7-17-11-8-14(3)12-19(17)18-13-16(6-2)10-9-15(18)4/h8-13H,5-7H2,1-4H3. The van der Waals surface area contributed by atoms with E-state index in [1.165, 1.54) is 39.8 Å². The SMILES string of the molecule is CCCc1ccc(C)cc1-c1cc(CC)ccc1C. The van der Waals surface area contributed by atoms with Crippen LogP contribution in [0.15, 0.2) is 36.4 Å². The Balaban J connectivity index is 2.59. The molecule has 19 heavy (non-hydrogen) atoms. The van der Waals surface area contributed by atoms with Crippen molar-refractivity contribution >= 4 is 0 Å². The topological polar surface area (TPSA) is 0 Å². The average molecular weight is 252 g/mol. The van der Waals surface area contributed by atoms with Gasteiger partial charge in [0.15, 0.2) is 0 Å². The van der Waals surface area contributed by atoms with Gasteiger partial charge in [-0.2, -0.15) is 0 Å². The molecule has 0 nitrogen and oxygen atoms in total. The van der Waals surface area contributed by atoms with Crippen molar-refractivity contribution in [2.45, 2.75) is 47.0 Å². The molecule has 0 aliphatic rings. The highest BCUT2D eigenvalue weighted by Crippen LogP contribution is 2.30. The lowest BCUT2D eigenvalue weighted by molar-refractivity contribution is 0.922. The third-order valence-electron chi connectivity index (χ3n) is 3.79. The molecule has 0 aliphatic carbocycles. The van der Waals surface area contributed by atoms with Crippen molar-refractivity contribution in [2.75, 3.05) is 0 Å². The highest BCUT2D eigenvalue weighted by molar-refractivity contribution is 5.72. The van der Waals surface area contributed by atoms with E-state index in [1.807, 2.05) is 0 Å². The van der Waals surface area contributed by atoms with E-state index in [9.17, 15) is 0 Å². The molecule has 0 saturated carbocycles. The molecule has 0 atom stereocenters. The molecule has 0 spiro atoms. The zero-order valence-electron chi connectivity index (χ0n) is 12.6. The molecule has 0 fully saturated rings. The highest BCUT2D eigenvalue weighted by atomic mass is 14.1. The minimum atomic E-state index is 1.10. The van der Waals surface area contributed by atoms with Crippen LogP contribution in [0.5, 0.6) is 0 Å². The maximum Gasteiger partial charge on any atom is -0.0147 e. The van der Waals surface area contributed by atoms with Crippen molar-refractivity contribution < 1.29 is 0 Å². The van der Waals surface area contributed by atoms with E-state index in [1.54, 1.807) is 0 Å². The molecule has 0 amide bonds. The predicted octanol–water partition coefficient (Wildman–Crippen LogP) is 5.49. The third-order valence-corrected chi connectivity index (χ3v) is 3.79. The summed E-state index contributed by atoms with van der Waals surface area (Å²) in [4.78, 5) is 0. The molecule has 0 heteroatoms. The minimum Gasteiger partial charge on any atom is -0.0651 e. The van der Waals surface area contributed by atoms with Gasteiger partial charge in [0.05, 0.1) is 0 Å². The Kier molecular flexibility index (Phi) is 4.42. The molecule has 0 radical (unpaired) electrons. The molecule has 0 heterocycles. The van der Waals surface area contributed by atoms with Gasteiger partial charge in [0.2, 0.25) is 0 Å². The van der Waals surface area contributed by atoms with Crippen LogP contribution in [-0.4, -0.2) is 0 Å². The first-order valence-corrected chi connectivity index (χ1v) is 7.35. The summed E-state index contributed by atoms with van der Waals surface area (Å²) in [6.07, 6.45) is 3.45. The van der Waals surface area contributed by atoms with E-state index in [0.29, 0.717) is 0 Å². The summed E-state index contributed by atoms with van der Waals surface area (Å²) in [5.74, 6) is 0. The molecular formula is C19H24. The lowest BCUT2D eigenvalue weighted by atomic mass is 9.91. The summed E-state index contributed by atoms with van der Waals surface area (Å²) in [5.41, 5.74) is 8.45. The number of hydrogen-bond acceptors (Lipinski definition) is 0. The monoisotopic (exact) mass is 252 g/mol. The smallest absolute Gasteiger partial charge is 0.0147 e. The quantitative estimate of drug-likeness (QED) is 0.675. The van der Waals surface area contributed by atoms with Crippen LogP contribution in [0.25, 0.3) is 11.1 Å². The van der Waals surface area contributed by atoms with Gasteiger partial charge >= 0.3 is 0 Å². The molecule has 0 unspecified atom stereocenters. The van der Waals surface area contributed by atoms with Crippen molar-refractivity contribution in [2.24, 2.45) is 0 Å². The Morgan fingerprint density at radius 1 is 0.842 bits per heavy atom. The van der Waals surface area contributed by atoms with Gasteiger partial charge in [-0.1, -0.05) is 62.2 Å². The minimum absolute atomic E-state index is 1.10. The first-order chi connectivity index (χ1) is 9.15. The van der Waals surface area contributed by atoms with Crippen LogP contribution in [0.2, 0.25) is 0 Å². The van der Waals surface area contributed by atoms with Gasteiger partial charge in [0.1, 0.15) is 0 Å². The normalized spacial score (nSPS) is 10.7. The van der Waals surface area contributed by atoms with Gasteiger partial charge in [-0.05, 0) is 54.5 Å². The van der Waals surface area contributed by atoms with E-state index in [0.717, 1.165) is 12.8 Å². The Bertz CT molecular complexity index is 564. The summed E-state index contributed by atoms with van der Waals surface area (Å²) in [6.45, 7) is 8.86. The summed E-state index contributed by atoms with van der Waals surface area (Å²) < 4.78 is 0. The third kappa shape index (κ3) is 3.07. The first-order valence-electron chi connectivity index (χ1n) is 7.35. The zero-order valence-corrected chi connectivity index (χ0v) is 12.6. The van der Waals surface area contributed by atoms with Crippen molar-refractivity contribution in [3.05, 3.63) is 58.7 Å². The molecular weight excluding hydrogens is 228 g/mol. The predicted molar refractivity (Wildman–Crippen MR) is 84.7 cm³/mol. The van der Waals surface area contributed by atoms with Crippen LogP contribution in [0.3, 0.4) is 0 Å². The van der Waals surface area contributed by atoms with Gasteiger partial charge < -0.3 is 0 Å².